The number of nitrogens with zero attached hydrogens (tertiary/aromatic N) is 1. The Morgan fingerprint density at radius 1 is 0.912 bits per heavy atom. The lowest BCUT2D eigenvalue weighted by Gasteiger charge is -2.28. The van der Waals surface area contributed by atoms with Crippen molar-refractivity contribution in [2.75, 3.05) is 13.1 Å². The van der Waals surface area contributed by atoms with Gasteiger partial charge >= 0.3 is 0 Å². The lowest BCUT2D eigenvalue weighted by Crippen LogP contribution is -2.45. The van der Waals surface area contributed by atoms with Gasteiger partial charge in [-0.1, -0.05) is 92.8 Å². The second-order valence-corrected chi connectivity index (χ2v) is 9.45. The molecule has 1 heterocycles. The number of hydrogen-bond donors (Lipinski definition) is 3. The Morgan fingerprint density at radius 3 is 2.06 bits per heavy atom. The maximum Gasteiger partial charge on any atom is 0.264 e. The topological polar surface area (TPSA) is 85.3 Å². The summed E-state index contributed by atoms with van der Waals surface area (Å²) in [5.41, 5.74) is 0.557. The van der Waals surface area contributed by atoms with Gasteiger partial charge < -0.3 is 10.6 Å². The number of guanidine groups is 1. The highest BCUT2D eigenvalue weighted by molar-refractivity contribution is 6.10. The van der Waals surface area contributed by atoms with E-state index in [1.807, 2.05) is 60.7 Å². The Kier molecular flexibility index (Phi) is 7.99. The molecular weight excluding hydrogens is 424 g/mol. The SMILES string of the molecule is N=C1NC(c2ccccc2)(c2ccccc2)C(=O)N1CCCCNC(=O)C1CCCCCCC1. The van der Waals surface area contributed by atoms with Crippen molar-refractivity contribution < 1.29 is 9.59 Å². The summed E-state index contributed by atoms with van der Waals surface area (Å²) >= 11 is 0. The van der Waals surface area contributed by atoms with Crippen molar-refractivity contribution in [1.29, 1.82) is 5.41 Å². The first-order chi connectivity index (χ1) is 16.6. The maximum absolute atomic E-state index is 13.7. The third-order valence-corrected chi connectivity index (χ3v) is 7.14. The van der Waals surface area contributed by atoms with Crippen molar-refractivity contribution in [1.82, 2.24) is 15.5 Å². The van der Waals surface area contributed by atoms with Gasteiger partial charge in [-0.25, -0.2) is 0 Å². The summed E-state index contributed by atoms with van der Waals surface area (Å²) in [5, 5.41) is 14.8. The minimum Gasteiger partial charge on any atom is -0.356 e. The molecular formula is C28H36N4O2. The predicted molar refractivity (Wildman–Crippen MR) is 134 cm³/mol. The minimum atomic E-state index is -1.09. The number of unbranched alkanes of at least 4 members (excludes halogenated alkanes) is 1. The number of amides is 2. The highest BCUT2D eigenvalue weighted by Crippen LogP contribution is 2.35. The number of rotatable bonds is 8. The zero-order chi connectivity index (χ0) is 23.8. The van der Waals surface area contributed by atoms with Gasteiger partial charge in [-0.05, 0) is 36.8 Å². The third kappa shape index (κ3) is 5.16. The molecule has 6 nitrogen and oxygen atoms in total. The number of carbonyl (C=O) groups excluding carboxylic acids is 2. The predicted octanol–water partition coefficient (Wildman–Crippen LogP) is 4.55. The molecule has 2 amide bonds. The fourth-order valence-corrected chi connectivity index (χ4v) is 5.22. The molecule has 1 aliphatic carbocycles. The van der Waals surface area contributed by atoms with Crippen LogP contribution in [-0.4, -0.2) is 35.8 Å². The first-order valence-electron chi connectivity index (χ1n) is 12.7. The zero-order valence-corrected chi connectivity index (χ0v) is 19.9. The normalized spacial score (nSPS) is 18.8. The molecule has 180 valence electrons. The van der Waals surface area contributed by atoms with Gasteiger partial charge in [0.1, 0.15) is 0 Å². The molecule has 0 unspecified atom stereocenters. The minimum absolute atomic E-state index is 0.122. The van der Waals surface area contributed by atoms with E-state index in [9.17, 15) is 9.59 Å². The van der Waals surface area contributed by atoms with E-state index in [1.54, 1.807) is 0 Å². The van der Waals surface area contributed by atoms with Crippen LogP contribution < -0.4 is 10.6 Å². The van der Waals surface area contributed by atoms with E-state index in [2.05, 4.69) is 10.6 Å². The molecule has 1 saturated heterocycles. The Hall–Kier alpha value is -3.15. The van der Waals surface area contributed by atoms with E-state index in [0.717, 1.165) is 49.7 Å². The molecule has 2 aromatic carbocycles. The fourth-order valence-electron chi connectivity index (χ4n) is 5.22. The van der Waals surface area contributed by atoms with E-state index >= 15 is 0 Å². The average Bonchev–Trinajstić information content (AvgIpc) is 3.10. The molecule has 2 aliphatic rings. The molecule has 6 heteroatoms. The highest BCUT2D eigenvalue weighted by atomic mass is 16.2. The Labute approximate surface area is 202 Å². The van der Waals surface area contributed by atoms with Crippen molar-refractivity contribution in [3.63, 3.8) is 0 Å². The van der Waals surface area contributed by atoms with Gasteiger partial charge in [-0.15, -0.1) is 0 Å². The van der Waals surface area contributed by atoms with Crippen molar-refractivity contribution in [3.8, 4) is 0 Å². The number of benzene rings is 2. The molecule has 34 heavy (non-hydrogen) atoms. The second-order valence-electron chi connectivity index (χ2n) is 9.45. The van der Waals surface area contributed by atoms with Crippen LogP contribution in [0.15, 0.2) is 60.7 Å². The monoisotopic (exact) mass is 460 g/mol. The Balaban J connectivity index is 1.35. The highest BCUT2D eigenvalue weighted by Gasteiger charge is 2.51. The summed E-state index contributed by atoms with van der Waals surface area (Å²) in [5.74, 6) is 0.320. The molecule has 1 aliphatic heterocycles. The van der Waals surface area contributed by atoms with Gasteiger partial charge in [-0.3, -0.25) is 19.9 Å². The lowest BCUT2D eigenvalue weighted by molar-refractivity contribution is -0.130. The molecule has 3 N–H and O–H groups in total. The molecule has 4 rings (SSSR count). The molecule has 2 aromatic rings. The van der Waals surface area contributed by atoms with Gasteiger partial charge in [-0.2, -0.15) is 0 Å². The van der Waals surface area contributed by atoms with Crippen LogP contribution in [0.4, 0.5) is 0 Å². The van der Waals surface area contributed by atoms with Crippen LogP contribution in [-0.2, 0) is 15.1 Å². The van der Waals surface area contributed by atoms with E-state index in [1.165, 1.54) is 24.2 Å². The van der Waals surface area contributed by atoms with Gasteiger partial charge in [0, 0.05) is 19.0 Å². The third-order valence-electron chi connectivity index (χ3n) is 7.14. The van der Waals surface area contributed by atoms with Crippen molar-refractivity contribution in [3.05, 3.63) is 71.8 Å². The molecule has 0 bridgehead atoms. The molecule has 0 radical (unpaired) electrons. The lowest BCUT2D eigenvalue weighted by atomic mass is 9.82. The number of carbonyl (C=O) groups is 2. The van der Waals surface area contributed by atoms with Crippen LogP contribution in [0.3, 0.4) is 0 Å². The Morgan fingerprint density at radius 2 is 1.47 bits per heavy atom. The molecule has 2 fully saturated rings. The van der Waals surface area contributed by atoms with Crippen molar-refractivity contribution in [2.24, 2.45) is 5.92 Å². The van der Waals surface area contributed by atoms with Crippen LogP contribution in [0.2, 0.25) is 0 Å². The quantitative estimate of drug-likeness (QED) is 0.505. The van der Waals surface area contributed by atoms with Crippen LogP contribution in [0.5, 0.6) is 0 Å². The number of nitrogens with one attached hydrogen (secondary N) is 3. The molecule has 0 atom stereocenters. The largest absolute Gasteiger partial charge is 0.356 e. The van der Waals surface area contributed by atoms with Crippen molar-refractivity contribution in [2.45, 2.75) is 63.3 Å². The van der Waals surface area contributed by atoms with Gasteiger partial charge in [0.25, 0.3) is 5.91 Å². The average molecular weight is 461 g/mol. The van der Waals surface area contributed by atoms with Crippen LogP contribution in [0, 0.1) is 11.3 Å². The second kappa shape index (κ2) is 11.3. The van der Waals surface area contributed by atoms with Crippen LogP contribution >= 0.6 is 0 Å². The van der Waals surface area contributed by atoms with Crippen molar-refractivity contribution >= 4 is 17.8 Å². The first kappa shape index (κ1) is 24.0. The fraction of sp³-hybridized carbons (Fsp3) is 0.464. The number of hydrogen-bond acceptors (Lipinski definition) is 3. The summed E-state index contributed by atoms with van der Waals surface area (Å²) in [6.07, 6.45) is 9.56. The summed E-state index contributed by atoms with van der Waals surface area (Å²) in [4.78, 5) is 27.8. The van der Waals surface area contributed by atoms with Crippen LogP contribution in [0.25, 0.3) is 0 Å². The van der Waals surface area contributed by atoms with Gasteiger partial charge in [0.05, 0.1) is 0 Å². The van der Waals surface area contributed by atoms with Gasteiger partial charge in [0.15, 0.2) is 11.5 Å². The first-order valence-corrected chi connectivity index (χ1v) is 12.7. The maximum atomic E-state index is 13.7. The standard InChI is InChI=1S/C28H36N4O2/c29-27-31-28(23-16-8-4-9-17-23,24-18-10-5-11-19-24)26(34)32(27)21-13-12-20-30-25(33)22-14-6-2-1-3-7-15-22/h4-5,8-11,16-19,22H,1-3,6-7,12-15,20-21H2,(H2,29,31)(H,30,33). The summed E-state index contributed by atoms with van der Waals surface area (Å²) in [7, 11) is 0. The molecule has 0 spiro atoms. The van der Waals surface area contributed by atoms with E-state index < -0.39 is 5.54 Å². The van der Waals surface area contributed by atoms with Crippen LogP contribution in [0.1, 0.15) is 68.9 Å². The summed E-state index contributed by atoms with van der Waals surface area (Å²) < 4.78 is 0. The summed E-state index contributed by atoms with van der Waals surface area (Å²) in [6.45, 7) is 1.06. The summed E-state index contributed by atoms with van der Waals surface area (Å²) in [6, 6.07) is 19.2. The molecule has 0 aromatic heterocycles. The molecule has 1 saturated carbocycles. The zero-order valence-electron chi connectivity index (χ0n) is 19.9. The van der Waals surface area contributed by atoms with E-state index in [0.29, 0.717) is 13.1 Å². The van der Waals surface area contributed by atoms with Gasteiger partial charge in [0.2, 0.25) is 5.91 Å². The Bertz CT molecular complexity index is 929. The smallest absolute Gasteiger partial charge is 0.264 e. The van der Waals surface area contributed by atoms with E-state index in [-0.39, 0.29) is 23.7 Å². The van der Waals surface area contributed by atoms with E-state index in [4.69, 9.17) is 5.41 Å².